The molecule has 0 bridgehead atoms. The van der Waals surface area contributed by atoms with E-state index in [0.29, 0.717) is 5.84 Å². The molecule has 4 heterocycles. The molecule has 0 saturated carbocycles. The van der Waals surface area contributed by atoms with E-state index < -0.39 is 0 Å². The Labute approximate surface area is 398 Å². The summed E-state index contributed by atoms with van der Waals surface area (Å²) in [6, 6.07) is 75.7. The van der Waals surface area contributed by atoms with Crippen molar-refractivity contribution < 1.29 is 4.42 Å². The first-order valence-corrected chi connectivity index (χ1v) is 23.7. The Kier molecular flexibility index (Phi) is 8.99. The molecule has 1 atom stereocenters. The van der Waals surface area contributed by atoms with Gasteiger partial charge in [0.1, 0.15) is 23.2 Å². The van der Waals surface area contributed by atoms with Gasteiger partial charge in [0.2, 0.25) is 0 Å². The Balaban J connectivity index is 0.787. The van der Waals surface area contributed by atoms with Gasteiger partial charge in [0.15, 0.2) is 5.84 Å². The molecule has 1 aliphatic heterocycles. The molecule has 12 aromatic rings. The second kappa shape index (κ2) is 15.8. The lowest BCUT2D eigenvalue weighted by Crippen LogP contribution is -2.33. The predicted molar refractivity (Wildman–Crippen MR) is 286 cm³/mol. The molecule has 0 spiro atoms. The first kappa shape index (κ1) is 39.2. The molecule has 0 amide bonds. The molecule has 1 N–H and O–H groups in total. The molecule has 9 aromatic carbocycles. The van der Waals surface area contributed by atoms with Crippen LogP contribution in [0.2, 0.25) is 0 Å². The van der Waals surface area contributed by atoms with E-state index in [0.717, 1.165) is 57.3 Å². The van der Waals surface area contributed by atoms with Crippen LogP contribution in [0.25, 0.3) is 93.6 Å². The summed E-state index contributed by atoms with van der Waals surface area (Å²) in [6.07, 6.45) is 6.23. The third-order valence-corrected chi connectivity index (χ3v) is 14.1. The van der Waals surface area contributed by atoms with Crippen LogP contribution in [0.15, 0.2) is 239 Å². The van der Waals surface area contributed by atoms with E-state index in [4.69, 9.17) is 14.4 Å². The van der Waals surface area contributed by atoms with Crippen LogP contribution in [-0.4, -0.2) is 20.8 Å². The number of fused-ring (bicyclic) bond motifs is 9. The van der Waals surface area contributed by atoms with Crippen molar-refractivity contribution in [1.29, 1.82) is 0 Å². The molecule has 1 aliphatic carbocycles. The van der Waals surface area contributed by atoms with Crippen molar-refractivity contribution in [2.45, 2.75) is 19.0 Å². The third kappa shape index (κ3) is 6.56. The highest BCUT2D eigenvalue weighted by Gasteiger charge is 2.23. The molecule has 6 heteroatoms. The number of hydrogen-bond donors (Lipinski definition) is 1. The van der Waals surface area contributed by atoms with Gasteiger partial charge in [-0.1, -0.05) is 146 Å². The number of aromatic nitrogens is 2. The Morgan fingerprint density at radius 2 is 1.01 bits per heavy atom. The number of nitrogens with one attached hydrogen (secondary N) is 1. The van der Waals surface area contributed by atoms with E-state index in [2.05, 4.69) is 203 Å². The Morgan fingerprint density at radius 1 is 0.420 bits per heavy atom. The van der Waals surface area contributed by atoms with E-state index in [1.165, 1.54) is 77.3 Å². The van der Waals surface area contributed by atoms with Gasteiger partial charge in [-0.3, -0.25) is 0 Å². The highest BCUT2D eigenvalue weighted by atomic mass is 16.3. The lowest BCUT2D eigenvalue weighted by atomic mass is 9.94. The monoisotopic (exact) mass is 885 g/mol. The van der Waals surface area contributed by atoms with Crippen LogP contribution in [0.1, 0.15) is 41.3 Å². The molecule has 2 aliphatic rings. The van der Waals surface area contributed by atoms with E-state index in [1.807, 2.05) is 36.4 Å². The van der Waals surface area contributed by atoms with Crippen molar-refractivity contribution in [2.24, 2.45) is 9.98 Å². The first-order valence-electron chi connectivity index (χ1n) is 23.7. The average molecular weight is 886 g/mol. The number of nitrogens with zero attached hydrogens (tertiary/aromatic N) is 4. The van der Waals surface area contributed by atoms with Gasteiger partial charge in [0.05, 0.1) is 22.1 Å². The molecule has 3 aromatic heterocycles. The van der Waals surface area contributed by atoms with Crippen molar-refractivity contribution in [1.82, 2.24) is 14.5 Å². The maximum atomic E-state index is 6.54. The summed E-state index contributed by atoms with van der Waals surface area (Å²) in [7, 11) is 0. The Morgan fingerprint density at radius 3 is 1.72 bits per heavy atom. The summed E-state index contributed by atoms with van der Waals surface area (Å²) in [5.41, 5.74) is 17.0. The smallest absolute Gasteiger partial charge is 0.159 e. The molecular formula is C63H43N5O. The molecule has 69 heavy (non-hydrogen) atoms. The second-order valence-corrected chi connectivity index (χ2v) is 18.1. The summed E-state index contributed by atoms with van der Waals surface area (Å²) in [5.74, 6) is 1.47. The van der Waals surface area contributed by atoms with Crippen molar-refractivity contribution in [3.63, 3.8) is 0 Å². The van der Waals surface area contributed by atoms with Crippen LogP contribution in [0.4, 0.5) is 0 Å². The molecule has 326 valence electrons. The molecule has 14 rings (SSSR count). The second-order valence-electron chi connectivity index (χ2n) is 18.1. The van der Waals surface area contributed by atoms with E-state index in [1.54, 1.807) is 0 Å². The molecule has 6 nitrogen and oxygen atoms in total. The van der Waals surface area contributed by atoms with Gasteiger partial charge < -0.3 is 18.9 Å². The minimum absolute atomic E-state index is 0.266. The zero-order valence-electron chi connectivity index (χ0n) is 37.6. The van der Waals surface area contributed by atoms with Crippen LogP contribution in [0, 0.1) is 0 Å². The summed E-state index contributed by atoms with van der Waals surface area (Å²) in [6.45, 7) is 0. The van der Waals surface area contributed by atoms with E-state index in [-0.39, 0.29) is 6.17 Å². The average Bonchev–Trinajstić information content (AvgIpc) is 4.08. The summed E-state index contributed by atoms with van der Waals surface area (Å²) < 4.78 is 11.4. The summed E-state index contributed by atoms with van der Waals surface area (Å²) in [5, 5.41) is 10.8. The van der Waals surface area contributed by atoms with Gasteiger partial charge in [-0.25, -0.2) is 9.98 Å². The number of furan rings is 1. The van der Waals surface area contributed by atoms with E-state index >= 15 is 0 Å². The number of allylic oxidation sites excluding steroid dienone is 4. The zero-order chi connectivity index (χ0) is 45.4. The number of benzene rings is 9. The topological polar surface area (TPSA) is 59.8 Å². The minimum atomic E-state index is -0.266. The predicted octanol–water partition coefficient (Wildman–Crippen LogP) is 15.7. The van der Waals surface area contributed by atoms with Gasteiger partial charge in [0.25, 0.3) is 0 Å². The molecule has 0 fully saturated rings. The molecule has 1 unspecified atom stereocenters. The lowest BCUT2D eigenvalue weighted by Gasteiger charge is -2.23. The molecular weight excluding hydrogens is 843 g/mol. The first-order chi connectivity index (χ1) is 34.2. The van der Waals surface area contributed by atoms with Crippen LogP contribution in [0.3, 0.4) is 0 Å². The number of hydrogen-bond acceptors (Lipinski definition) is 4. The van der Waals surface area contributed by atoms with Gasteiger partial charge in [-0.2, -0.15) is 0 Å². The SMILES string of the molecule is C1=C(c2ccc3oc4cc(C5=NC(c6ccccc6)=NC(c6ccccc6)N5)ccc4c3c2)CCC(n2c3ccccc3c3cc(-c4ccc5c(c4)c4ccccc4n5-c4ccccc4)ccc32)=C1. The van der Waals surface area contributed by atoms with Gasteiger partial charge >= 0.3 is 0 Å². The number of para-hydroxylation sites is 3. The van der Waals surface area contributed by atoms with Gasteiger partial charge in [0, 0.05) is 54.8 Å². The van der Waals surface area contributed by atoms with Crippen molar-refractivity contribution in [3.05, 3.63) is 247 Å². The molecule has 0 saturated heterocycles. The fourth-order valence-corrected chi connectivity index (χ4v) is 10.8. The summed E-state index contributed by atoms with van der Waals surface area (Å²) >= 11 is 0. The summed E-state index contributed by atoms with van der Waals surface area (Å²) in [4.78, 5) is 10.0. The van der Waals surface area contributed by atoms with Crippen molar-refractivity contribution in [2.75, 3.05) is 0 Å². The third-order valence-electron chi connectivity index (χ3n) is 14.1. The van der Waals surface area contributed by atoms with E-state index in [9.17, 15) is 0 Å². The normalized spacial score (nSPS) is 15.2. The maximum Gasteiger partial charge on any atom is 0.159 e. The fourth-order valence-electron chi connectivity index (χ4n) is 10.8. The van der Waals surface area contributed by atoms with Crippen molar-refractivity contribution in [3.8, 4) is 16.8 Å². The lowest BCUT2D eigenvalue weighted by molar-refractivity contribution is 0.666. The maximum absolute atomic E-state index is 6.54. The highest BCUT2D eigenvalue weighted by Crippen LogP contribution is 2.41. The zero-order valence-corrected chi connectivity index (χ0v) is 37.6. The standard InChI is InChI=1S/C63H43N5O/c1-4-14-41(15-5-1)61-64-62(42-16-6-2-7-17-42)66-63(65-61)46-26-32-51-54-38-43(29-35-59(54)69-60(51)39-46)40-24-30-48(31-25-40)68-56-23-13-11-21-50(56)53-37-45(28-34-58(53)68)44-27-33-57-52(36-44)49-20-10-12-22-55(49)67(57)47-18-8-3-9-19-47/h1-24,26-30,32-39,61H,25,31H2,(H,64,65,66). The molecule has 0 radical (unpaired) electrons. The van der Waals surface area contributed by atoms with Crippen molar-refractivity contribution >= 4 is 88.5 Å². The fraction of sp³-hybridized carbons (Fsp3) is 0.0476. The Hall–Kier alpha value is -9.00. The number of aliphatic imine (C=N–C) groups is 2. The van der Waals surface area contributed by atoms with Crippen LogP contribution in [0.5, 0.6) is 0 Å². The number of amidine groups is 2. The van der Waals surface area contributed by atoms with Crippen LogP contribution in [-0.2, 0) is 0 Å². The quantitative estimate of drug-likeness (QED) is 0.173. The Bertz CT molecular complexity index is 4150. The van der Waals surface area contributed by atoms with Crippen LogP contribution >= 0.6 is 0 Å². The minimum Gasteiger partial charge on any atom is -0.456 e. The largest absolute Gasteiger partial charge is 0.456 e. The van der Waals surface area contributed by atoms with Gasteiger partial charge in [-0.15, -0.1) is 0 Å². The van der Waals surface area contributed by atoms with Gasteiger partial charge in [-0.05, 0) is 120 Å². The van der Waals surface area contributed by atoms with Crippen LogP contribution < -0.4 is 5.32 Å². The number of rotatable bonds is 7. The highest BCUT2D eigenvalue weighted by molar-refractivity contribution is 6.16.